The molecule has 2 aliphatic heterocycles. The highest BCUT2D eigenvalue weighted by atomic mass is 35.5. The van der Waals surface area contributed by atoms with Crippen molar-refractivity contribution in [1.29, 1.82) is 5.26 Å². The standard InChI is InChI=1S/C14H14ClNO4/c15-10-4-9(5-11-12(10)20-8-19-11)13(17)14(6-16)2-1-3-18-7-14/h4-5,13,17H,1-3,7-8H2. The summed E-state index contributed by atoms with van der Waals surface area (Å²) in [4.78, 5) is 0. The minimum atomic E-state index is -0.972. The number of nitrogens with zero attached hydrogens (tertiary/aromatic N) is 1. The van der Waals surface area contributed by atoms with E-state index in [9.17, 15) is 10.4 Å². The number of fused-ring (bicyclic) bond motifs is 1. The molecule has 1 N–H and O–H groups in total. The third kappa shape index (κ3) is 2.10. The van der Waals surface area contributed by atoms with Gasteiger partial charge in [-0.05, 0) is 30.5 Å². The number of aliphatic hydroxyl groups excluding tert-OH is 1. The molecule has 6 heteroatoms. The van der Waals surface area contributed by atoms with Crippen molar-refractivity contribution in [2.75, 3.05) is 20.0 Å². The summed E-state index contributed by atoms with van der Waals surface area (Å²) >= 11 is 6.12. The van der Waals surface area contributed by atoms with Crippen LogP contribution in [0.2, 0.25) is 5.02 Å². The maximum Gasteiger partial charge on any atom is 0.231 e. The number of nitriles is 1. The van der Waals surface area contributed by atoms with Gasteiger partial charge < -0.3 is 19.3 Å². The number of hydrogen-bond acceptors (Lipinski definition) is 5. The normalized spacial score (nSPS) is 26.1. The number of halogens is 1. The molecule has 0 amide bonds. The summed E-state index contributed by atoms with van der Waals surface area (Å²) in [5.41, 5.74) is -0.388. The molecule has 2 aliphatic rings. The largest absolute Gasteiger partial charge is 0.454 e. The number of aliphatic hydroxyl groups is 1. The van der Waals surface area contributed by atoms with Crippen LogP contribution >= 0.6 is 11.6 Å². The molecule has 1 saturated heterocycles. The van der Waals surface area contributed by atoms with E-state index in [0.29, 0.717) is 35.1 Å². The van der Waals surface area contributed by atoms with Crippen LogP contribution < -0.4 is 9.47 Å². The van der Waals surface area contributed by atoms with E-state index in [2.05, 4.69) is 6.07 Å². The average Bonchev–Trinajstić information content (AvgIpc) is 2.96. The van der Waals surface area contributed by atoms with Gasteiger partial charge in [0.2, 0.25) is 6.79 Å². The highest BCUT2D eigenvalue weighted by Crippen LogP contribution is 2.46. The first-order chi connectivity index (χ1) is 9.66. The average molecular weight is 296 g/mol. The Morgan fingerprint density at radius 2 is 2.25 bits per heavy atom. The van der Waals surface area contributed by atoms with Gasteiger partial charge in [-0.2, -0.15) is 5.26 Å². The van der Waals surface area contributed by atoms with Crippen molar-refractivity contribution in [3.63, 3.8) is 0 Å². The topological polar surface area (TPSA) is 71.7 Å². The van der Waals surface area contributed by atoms with E-state index < -0.39 is 11.5 Å². The Morgan fingerprint density at radius 3 is 2.95 bits per heavy atom. The van der Waals surface area contributed by atoms with Crippen LogP contribution in [0.3, 0.4) is 0 Å². The van der Waals surface area contributed by atoms with Crippen LogP contribution in [0.25, 0.3) is 0 Å². The fourth-order valence-corrected chi connectivity index (χ4v) is 2.92. The predicted molar refractivity (Wildman–Crippen MR) is 70.6 cm³/mol. The van der Waals surface area contributed by atoms with Gasteiger partial charge in [-0.1, -0.05) is 11.6 Å². The first-order valence-corrected chi connectivity index (χ1v) is 6.80. The Balaban J connectivity index is 1.96. The maximum atomic E-state index is 10.6. The molecular weight excluding hydrogens is 282 g/mol. The summed E-state index contributed by atoms with van der Waals surface area (Å²) in [6.07, 6.45) is 0.374. The van der Waals surface area contributed by atoms with Crippen molar-refractivity contribution < 1.29 is 19.3 Å². The lowest BCUT2D eigenvalue weighted by molar-refractivity contribution is -0.0506. The summed E-state index contributed by atoms with van der Waals surface area (Å²) in [6, 6.07) is 5.50. The van der Waals surface area contributed by atoms with Gasteiger partial charge in [0, 0.05) is 6.61 Å². The minimum Gasteiger partial charge on any atom is -0.454 e. The summed E-state index contributed by atoms with van der Waals surface area (Å²) in [7, 11) is 0. The van der Waals surface area contributed by atoms with E-state index in [0.717, 1.165) is 6.42 Å². The fourth-order valence-electron chi connectivity index (χ4n) is 2.65. The summed E-state index contributed by atoms with van der Waals surface area (Å²) < 4.78 is 15.9. The minimum absolute atomic E-state index is 0.112. The molecule has 2 unspecified atom stereocenters. The monoisotopic (exact) mass is 295 g/mol. The first-order valence-electron chi connectivity index (χ1n) is 6.42. The molecule has 106 valence electrons. The van der Waals surface area contributed by atoms with E-state index in [1.807, 2.05) is 0 Å². The van der Waals surface area contributed by atoms with Gasteiger partial charge in [0.05, 0.1) is 17.7 Å². The Morgan fingerprint density at radius 1 is 1.40 bits per heavy atom. The molecule has 1 aromatic carbocycles. The third-order valence-electron chi connectivity index (χ3n) is 3.78. The van der Waals surface area contributed by atoms with Crippen LogP contribution in [0.4, 0.5) is 0 Å². The molecule has 0 aliphatic carbocycles. The van der Waals surface area contributed by atoms with Gasteiger partial charge in [0.1, 0.15) is 11.5 Å². The van der Waals surface area contributed by atoms with Gasteiger partial charge in [-0.15, -0.1) is 0 Å². The highest BCUT2D eigenvalue weighted by molar-refractivity contribution is 6.32. The van der Waals surface area contributed by atoms with E-state index in [-0.39, 0.29) is 13.4 Å². The number of hydrogen-bond donors (Lipinski definition) is 1. The molecule has 20 heavy (non-hydrogen) atoms. The Kier molecular flexibility index (Phi) is 3.47. The van der Waals surface area contributed by atoms with Crippen LogP contribution in [0.5, 0.6) is 11.5 Å². The molecule has 0 radical (unpaired) electrons. The molecule has 0 bridgehead atoms. The van der Waals surface area contributed by atoms with Crippen LogP contribution in [0.1, 0.15) is 24.5 Å². The molecule has 3 rings (SSSR count). The second-order valence-electron chi connectivity index (χ2n) is 5.06. The molecule has 0 spiro atoms. The summed E-state index contributed by atoms with van der Waals surface area (Å²) in [6.45, 7) is 0.954. The zero-order chi connectivity index (χ0) is 14.2. The van der Waals surface area contributed by atoms with Crippen molar-refractivity contribution in [3.8, 4) is 17.6 Å². The second-order valence-corrected chi connectivity index (χ2v) is 5.47. The smallest absolute Gasteiger partial charge is 0.231 e. The summed E-state index contributed by atoms with van der Waals surface area (Å²) in [5, 5.41) is 20.4. The van der Waals surface area contributed by atoms with Crippen molar-refractivity contribution in [3.05, 3.63) is 22.7 Å². The lowest BCUT2D eigenvalue weighted by Crippen LogP contribution is -2.36. The fraction of sp³-hybridized carbons (Fsp3) is 0.500. The lowest BCUT2D eigenvalue weighted by atomic mass is 9.76. The van der Waals surface area contributed by atoms with Crippen molar-refractivity contribution in [2.45, 2.75) is 18.9 Å². The van der Waals surface area contributed by atoms with Crippen LogP contribution in [-0.4, -0.2) is 25.1 Å². The Bertz CT molecular complexity index is 563. The molecule has 2 heterocycles. The SMILES string of the molecule is N#CC1(C(O)c2cc(Cl)c3c(c2)OCO3)CCCOC1. The zero-order valence-electron chi connectivity index (χ0n) is 10.8. The molecule has 0 saturated carbocycles. The molecule has 1 aromatic rings. The number of rotatable bonds is 2. The van der Waals surface area contributed by atoms with Crippen molar-refractivity contribution in [2.24, 2.45) is 5.41 Å². The van der Waals surface area contributed by atoms with Crippen LogP contribution in [0, 0.1) is 16.7 Å². The van der Waals surface area contributed by atoms with Gasteiger partial charge in [0.15, 0.2) is 11.5 Å². The molecular formula is C14H14ClNO4. The highest BCUT2D eigenvalue weighted by Gasteiger charge is 2.42. The quantitative estimate of drug-likeness (QED) is 0.907. The van der Waals surface area contributed by atoms with Gasteiger partial charge in [-0.25, -0.2) is 0 Å². The molecule has 2 atom stereocenters. The molecule has 0 aromatic heterocycles. The summed E-state index contributed by atoms with van der Waals surface area (Å²) in [5.74, 6) is 0.977. The van der Waals surface area contributed by atoms with Crippen LogP contribution in [0.15, 0.2) is 12.1 Å². The maximum absolute atomic E-state index is 10.6. The third-order valence-corrected chi connectivity index (χ3v) is 4.06. The van der Waals surface area contributed by atoms with Gasteiger partial charge in [0.25, 0.3) is 0 Å². The Hall–Kier alpha value is -1.48. The first kappa shape index (κ1) is 13.5. The van der Waals surface area contributed by atoms with Crippen LogP contribution in [-0.2, 0) is 4.74 Å². The van der Waals surface area contributed by atoms with Gasteiger partial charge in [-0.3, -0.25) is 0 Å². The van der Waals surface area contributed by atoms with E-state index in [1.54, 1.807) is 12.1 Å². The number of ether oxygens (including phenoxy) is 3. The predicted octanol–water partition coefficient (Wildman–Crippen LogP) is 2.42. The molecule has 5 nitrogen and oxygen atoms in total. The molecule has 1 fully saturated rings. The Labute approximate surface area is 121 Å². The van der Waals surface area contributed by atoms with Crippen molar-refractivity contribution >= 4 is 11.6 Å². The van der Waals surface area contributed by atoms with E-state index in [1.165, 1.54) is 0 Å². The van der Waals surface area contributed by atoms with E-state index in [4.69, 9.17) is 25.8 Å². The van der Waals surface area contributed by atoms with E-state index >= 15 is 0 Å². The van der Waals surface area contributed by atoms with Crippen molar-refractivity contribution in [1.82, 2.24) is 0 Å². The lowest BCUT2D eigenvalue weighted by Gasteiger charge is -2.35. The van der Waals surface area contributed by atoms with Gasteiger partial charge >= 0.3 is 0 Å². The second kappa shape index (κ2) is 5.13. The number of benzene rings is 1. The zero-order valence-corrected chi connectivity index (χ0v) is 11.5.